The van der Waals surface area contributed by atoms with Crippen molar-refractivity contribution in [2.45, 2.75) is 19.9 Å². The first kappa shape index (κ1) is 12.3. The monoisotopic (exact) mass is 227 g/mol. The summed E-state index contributed by atoms with van der Waals surface area (Å²) in [4.78, 5) is 22.3. The van der Waals surface area contributed by atoms with Crippen LogP contribution in [0.1, 0.15) is 24.2 Å². The van der Waals surface area contributed by atoms with Crippen LogP contribution in [0.25, 0.3) is 0 Å². The van der Waals surface area contributed by atoms with Crippen LogP contribution in [0.4, 0.5) is 8.78 Å². The van der Waals surface area contributed by atoms with Gasteiger partial charge in [0.1, 0.15) is 0 Å². The zero-order valence-electron chi connectivity index (χ0n) is 8.88. The van der Waals surface area contributed by atoms with Crippen molar-refractivity contribution in [3.05, 3.63) is 35.4 Å². The molecule has 0 saturated carbocycles. The van der Waals surface area contributed by atoms with E-state index in [4.69, 9.17) is 0 Å². The lowest BCUT2D eigenvalue weighted by Gasteiger charge is -2.10. The number of hydrogen-bond acceptors (Lipinski definition) is 2. The van der Waals surface area contributed by atoms with E-state index in [1.54, 1.807) is 0 Å². The Bertz CT molecular complexity index is 432. The van der Waals surface area contributed by atoms with Gasteiger partial charge in [0.2, 0.25) is 0 Å². The van der Waals surface area contributed by atoms with E-state index in [-0.39, 0.29) is 5.78 Å². The predicted octanol–water partition coefficient (Wildman–Crippen LogP) is 1.67. The molecule has 0 aliphatic heterocycles. The second kappa shape index (κ2) is 4.83. The Labute approximate surface area is 91.5 Å². The smallest absolute Gasteiger partial charge is 0.254 e. The van der Waals surface area contributed by atoms with Gasteiger partial charge in [0.15, 0.2) is 17.4 Å². The van der Waals surface area contributed by atoms with Gasteiger partial charge in [-0.2, -0.15) is 0 Å². The van der Waals surface area contributed by atoms with Crippen LogP contribution >= 0.6 is 0 Å². The average molecular weight is 227 g/mol. The number of ketones is 1. The standard InChI is InChI=1S/C11H11F2NO2/c1-6(7(2)15)14-11(16)8-4-3-5-9(12)10(8)13/h3-6H,1-2H3,(H,14,16). The van der Waals surface area contributed by atoms with E-state index in [0.717, 1.165) is 12.1 Å². The zero-order valence-corrected chi connectivity index (χ0v) is 8.88. The predicted molar refractivity (Wildman–Crippen MR) is 54.0 cm³/mol. The minimum absolute atomic E-state index is 0.259. The number of benzene rings is 1. The molecule has 5 heteroatoms. The van der Waals surface area contributed by atoms with Gasteiger partial charge in [0.25, 0.3) is 5.91 Å². The minimum Gasteiger partial charge on any atom is -0.342 e. The second-order valence-electron chi connectivity index (χ2n) is 3.41. The second-order valence-corrected chi connectivity index (χ2v) is 3.41. The SMILES string of the molecule is CC(=O)C(C)NC(=O)c1cccc(F)c1F. The Morgan fingerprint density at radius 3 is 2.50 bits per heavy atom. The topological polar surface area (TPSA) is 46.2 Å². The van der Waals surface area contributed by atoms with E-state index in [2.05, 4.69) is 5.32 Å². The highest BCUT2D eigenvalue weighted by Gasteiger charge is 2.18. The van der Waals surface area contributed by atoms with Gasteiger partial charge in [-0.25, -0.2) is 8.78 Å². The Kier molecular flexibility index (Phi) is 3.71. The number of amides is 1. The third-order valence-electron chi connectivity index (χ3n) is 2.15. The fraction of sp³-hybridized carbons (Fsp3) is 0.273. The van der Waals surface area contributed by atoms with Crippen LogP contribution in [0, 0.1) is 11.6 Å². The molecular weight excluding hydrogens is 216 g/mol. The summed E-state index contributed by atoms with van der Waals surface area (Å²) in [6.45, 7) is 2.77. The van der Waals surface area contributed by atoms with Gasteiger partial charge in [-0.1, -0.05) is 6.07 Å². The average Bonchev–Trinajstić information content (AvgIpc) is 2.21. The molecular formula is C11H11F2NO2. The van der Waals surface area contributed by atoms with Gasteiger partial charge in [-0.15, -0.1) is 0 Å². The Morgan fingerprint density at radius 2 is 1.94 bits per heavy atom. The largest absolute Gasteiger partial charge is 0.342 e. The molecule has 1 aromatic carbocycles. The number of carbonyl (C=O) groups is 2. The van der Waals surface area contributed by atoms with Crippen molar-refractivity contribution >= 4 is 11.7 Å². The number of halogens is 2. The molecule has 1 rings (SSSR count). The van der Waals surface area contributed by atoms with Crippen LogP contribution in [0.15, 0.2) is 18.2 Å². The number of nitrogens with one attached hydrogen (secondary N) is 1. The number of hydrogen-bond donors (Lipinski definition) is 1. The van der Waals surface area contributed by atoms with Crippen LogP contribution in [0.2, 0.25) is 0 Å². The first-order chi connectivity index (χ1) is 7.43. The van der Waals surface area contributed by atoms with Crippen molar-refractivity contribution in [2.24, 2.45) is 0 Å². The maximum atomic E-state index is 13.2. The van der Waals surface area contributed by atoms with Crippen molar-refractivity contribution in [3.63, 3.8) is 0 Å². The molecule has 0 bridgehead atoms. The molecule has 1 N–H and O–H groups in total. The summed E-state index contributed by atoms with van der Waals surface area (Å²) >= 11 is 0. The first-order valence-corrected chi connectivity index (χ1v) is 4.68. The summed E-state index contributed by atoms with van der Waals surface area (Å²) in [5, 5.41) is 2.27. The quantitative estimate of drug-likeness (QED) is 0.853. The Balaban J connectivity index is 2.89. The van der Waals surface area contributed by atoms with E-state index in [9.17, 15) is 18.4 Å². The fourth-order valence-electron chi connectivity index (χ4n) is 1.06. The third-order valence-corrected chi connectivity index (χ3v) is 2.15. The summed E-state index contributed by atoms with van der Waals surface area (Å²) in [7, 11) is 0. The van der Waals surface area contributed by atoms with Crippen LogP contribution in [0.5, 0.6) is 0 Å². The molecule has 86 valence electrons. The van der Waals surface area contributed by atoms with Crippen LogP contribution in [-0.4, -0.2) is 17.7 Å². The normalized spacial score (nSPS) is 12.0. The van der Waals surface area contributed by atoms with Crippen molar-refractivity contribution in [1.82, 2.24) is 5.32 Å². The zero-order chi connectivity index (χ0) is 12.3. The lowest BCUT2D eigenvalue weighted by molar-refractivity contribution is -0.118. The summed E-state index contributed by atoms with van der Waals surface area (Å²) < 4.78 is 26.0. The molecule has 0 radical (unpaired) electrons. The highest BCUT2D eigenvalue weighted by Crippen LogP contribution is 2.11. The summed E-state index contributed by atoms with van der Waals surface area (Å²) in [5.41, 5.74) is -0.409. The van der Waals surface area contributed by atoms with E-state index in [1.807, 2.05) is 0 Å². The van der Waals surface area contributed by atoms with Crippen molar-refractivity contribution < 1.29 is 18.4 Å². The third kappa shape index (κ3) is 2.62. The van der Waals surface area contributed by atoms with E-state index < -0.39 is 29.1 Å². The van der Waals surface area contributed by atoms with Crippen LogP contribution in [-0.2, 0) is 4.79 Å². The van der Waals surface area contributed by atoms with Crippen molar-refractivity contribution in [3.8, 4) is 0 Å². The van der Waals surface area contributed by atoms with E-state index >= 15 is 0 Å². The molecule has 0 fully saturated rings. The Hall–Kier alpha value is -1.78. The molecule has 0 heterocycles. The van der Waals surface area contributed by atoms with Gasteiger partial charge in [0.05, 0.1) is 11.6 Å². The molecule has 0 saturated heterocycles. The number of carbonyl (C=O) groups excluding carboxylic acids is 2. The van der Waals surface area contributed by atoms with Gasteiger partial charge in [-0.05, 0) is 26.0 Å². The molecule has 0 spiro atoms. The number of rotatable bonds is 3. The molecule has 0 aliphatic carbocycles. The van der Waals surface area contributed by atoms with E-state index in [0.29, 0.717) is 0 Å². The van der Waals surface area contributed by atoms with Crippen LogP contribution < -0.4 is 5.32 Å². The van der Waals surface area contributed by atoms with Gasteiger partial charge >= 0.3 is 0 Å². The Morgan fingerprint density at radius 1 is 1.31 bits per heavy atom. The molecule has 3 nitrogen and oxygen atoms in total. The molecule has 0 aliphatic rings. The van der Waals surface area contributed by atoms with Crippen molar-refractivity contribution in [2.75, 3.05) is 0 Å². The molecule has 1 unspecified atom stereocenters. The summed E-state index contributed by atoms with van der Waals surface area (Å²) in [6.07, 6.45) is 0. The fourth-order valence-corrected chi connectivity index (χ4v) is 1.06. The first-order valence-electron chi connectivity index (χ1n) is 4.68. The maximum Gasteiger partial charge on any atom is 0.254 e. The van der Waals surface area contributed by atoms with Gasteiger partial charge in [0, 0.05) is 0 Å². The van der Waals surface area contributed by atoms with Crippen molar-refractivity contribution in [1.29, 1.82) is 0 Å². The summed E-state index contributed by atoms with van der Waals surface area (Å²) in [6, 6.07) is 2.57. The minimum atomic E-state index is -1.21. The lowest BCUT2D eigenvalue weighted by Crippen LogP contribution is -2.37. The highest BCUT2D eigenvalue weighted by molar-refractivity contribution is 5.97. The van der Waals surface area contributed by atoms with Crippen LogP contribution in [0.3, 0.4) is 0 Å². The lowest BCUT2D eigenvalue weighted by atomic mass is 10.1. The summed E-state index contributed by atoms with van der Waals surface area (Å²) in [5.74, 6) is -3.37. The molecule has 16 heavy (non-hydrogen) atoms. The van der Waals surface area contributed by atoms with Gasteiger partial charge in [-0.3, -0.25) is 9.59 Å². The van der Waals surface area contributed by atoms with Gasteiger partial charge < -0.3 is 5.32 Å². The number of Topliss-reactive ketones (excluding diaryl/α,β-unsaturated/α-hetero) is 1. The molecule has 1 aromatic rings. The maximum absolute atomic E-state index is 13.2. The molecule has 1 amide bonds. The highest BCUT2D eigenvalue weighted by atomic mass is 19.2. The van der Waals surface area contributed by atoms with E-state index in [1.165, 1.54) is 19.9 Å². The molecule has 0 aromatic heterocycles. The molecule has 1 atom stereocenters.